The minimum Gasteiger partial charge on any atom is -0.477 e. The van der Waals surface area contributed by atoms with Crippen LogP contribution < -0.4 is 5.32 Å². The third kappa shape index (κ3) is 2.72. The molecule has 1 amide bonds. The number of anilines is 1. The zero-order valence-electron chi connectivity index (χ0n) is 10.3. The van der Waals surface area contributed by atoms with E-state index in [1.54, 1.807) is 6.92 Å². The Morgan fingerprint density at radius 3 is 2.75 bits per heavy atom. The van der Waals surface area contributed by atoms with Gasteiger partial charge in [0, 0.05) is 5.69 Å². The Kier molecular flexibility index (Phi) is 3.89. The number of hydrogen-bond donors (Lipinski definition) is 3. The van der Waals surface area contributed by atoms with Crippen molar-refractivity contribution >= 4 is 33.5 Å². The molecule has 0 bridgehead atoms. The minimum atomic E-state index is -1.21. The maximum atomic E-state index is 13.8. The van der Waals surface area contributed by atoms with Crippen LogP contribution >= 0.6 is 15.9 Å². The van der Waals surface area contributed by atoms with Gasteiger partial charge in [0.1, 0.15) is 11.5 Å². The molecule has 1 heterocycles. The van der Waals surface area contributed by atoms with E-state index >= 15 is 0 Å². The molecular formula is C13H10BrFN2O3. The lowest BCUT2D eigenvalue weighted by Crippen LogP contribution is -2.15. The van der Waals surface area contributed by atoms with Gasteiger partial charge in [-0.25, -0.2) is 9.18 Å². The van der Waals surface area contributed by atoms with Crippen LogP contribution in [0.3, 0.4) is 0 Å². The number of aryl methyl sites for hydroxylation is 1. The molecule has 0 spiro atoms. The number of carboxylic acid groups (broad SMARTS) is 1. The van der Waals surface area contributed by atoms with Crippen molar-refractivity contribution in [1.82, 2.24) is 4.98 Å². The number of H-pyrrole nitrogens is 1. The van der Waals surface area contributed by atoms with Crippen molar-refractivity contribution in [2.24, 2.45) is 0 Å². The van der Waals surface area contributed by atoms with Crippen LogP contribution in [-0.2, 0) is 0 Å². The zero-order valence-corrected chi connectivity index (χ0v) is 11.9. The highest BCUT2D eigenvalue weighted by atomic mass is 79.9. The third-order valence-corrected chi connectivity index (χ3v) is 3.22. The standard InChI is InChI=1S/C13H10BrFN2O3/c1-6-5-9(11(16-6)13(19)20)17-12(18)7-3-2-4-8(14)10(7)15/h2-5,16H,1H3,(H,17,18)(H,19,20). The van der Waals surface area contributed by atoms with Gasteiger partial charge in [0.2, 0.25) is 0 Å². The molecule has 20 heavy (non-hydrogen) atoms. The van der Waals surface area contributed by atoms with Crippen LogP contribution in [0.25, 0.3) is 0 Å². The van der Waals surface area contributed by atoms with Crippen LogP contribution in [0.1, 0.15) is 26.5 Å². The maximum absolute atomic E-state index is 13.8. The Labute approximate surface area is 121 Å². The first kappa shape index (κ1) is 14.3. The van der Waals surface area contributed by atoms with Gasteiger partial charge in [0.25, 0.3) is 5.91 Å². The minimum absolute atomic E-state index is 0.0966. The van der Waals surface area contributed by atoms with Crippen LogP contribution in [-0.4, -0.2) is 22.0 Å². The summed E-state index contributed by atoms with van der Waals surface area (Å²) in [6.45, 7) is 1.65. The predicted octanol–water partition coefficient (Wildman–Crippen LogP) is 3.18. The van der Waals surface area contributed by atoms with E-state index in [1.165, 1.54) is 24.3 Å². The molecule has 0 saturated heterocycles. The van der Waals surface area contributed by atoms with Crippen molar-refractivity contribution in [2.75, 3.05) is 5.32 Å². The number of hydrogen-bond acceptors (Lipinski definition) is 2. The largest absolute Gasteiger partial charge is 0.477 e. The molecule has 0 aliphatic carbocycles. The number of benzene rings is 1. The molecule has 7 heteroatoms. The highest BCUT2D eigenvalue weighted by molar-refractivity contribution is 9.10. The molecule has 104 valence electrons. The number of amides is 1. The molecule has 1 aromatic carbocycles. The average Bonchev–Trinajstić information content (AvgIpc) is 2.73. The highest BCUT2D eigenvalue weighted by Gasteiger charge is 2.19. The summed E-state index contributed by atoms with van der Waals surface area (Å²) in [5.74, 6) is -2.62. The van der Waals surface area contributed by atoms with E-state index in [0.717, 1.165) is 0 Å². The molecule has 2 rings (SSSR count). The van der Waals surface area contributed by atoms with Gasteiger partial charge in [0.15, 0.2) is 0 Å². The number of carboxylic acids is 1. The first-order chi connectivity index (χ1) is 9.40. The monoisotopic (exact) mass is 340 g/mol. The van der Waals surface area contributed by atoms with Gasteiger partial charge in [-0.05, 0) is 41.1 Å². The Bertz CT molecular complexity index is 697. The first-order valence-electron chi connectivity index (χ1n) is 5.58. The second-order valence-corrected chi connectivity index (χ2v) is 4.96. The van der Waals surface area contributed by atoms with E-state index in [4.69, 9.17) is 5.11 Å². The number of carbonyl (C=O) groups is 2. The van der Waals surface area contributed by atoms with Crippen molar-refractivity contribution in [3.05, 3.63) is 51.5 Å². The molecule has 0 fully saturated rings. The van der Waals surface area contributed by atoms with Crippen molar-refractivity contribution in [2.45, 2.75) is 6.92 Å². The topological polar surface area (TPSA) is 82.2 Å². The van der Waals surface area contributed by atoms with Crippen molar-refractivity contribution in [1.29, 1.82) is 0 Å². The molecule has 0 unspecified atom stereocenters. The lowest BCUT2D eigenvalue weighted by atomic mass is 10.2. The van der Waals surface area contributed by atoms with E-state index in [9.17, 15) is 14.0 Å². The number of nitrogens with one attached hydrogen (secondary N) is 2. The van der Waals surface area contributed by atoms with Crippen LogP contribution in [0.2, 0.25) is 0 Å². The SMILES string of the molecule is Cc1cc(NC(=O)c2cccc(Br)c2F)c(C(=O)O)[nH]1. The summed E-state index contributed by atoms with van der Waals surface area (Å²) < 4.78 is 13.9. The van der Waals surface area contributed by atoms with Gasteiger partial charge in [0.05, 0.1) is 15.7 Å². The van der Waals surface area contributed by atoms with Gasteiger partial charge < -0.3 is 15.4 Å². The molecule has 0 radical (unpaired) electrons. The maximum Gasteiger partial charge on any atom is 0.354 e. The smallest absolute Gasteiger partial charge is 0.354 e. The third-order valence-electron chi connectivity index (χ3n) is 2.61. The first-order valence-corrected chi connectivity index (χ1v) is 6.37. The van der Waals surface area contributed by atoms with Crippen LogP contribution in [0.15, 0.2) is 28.7 Å². The van der Waals surface area contributed by atoms with Crippen LogP contribution in [0, 0.1) is 12.7 Å². The van der Waals surface area contributed by atoms with Gasteiger partial charge in [-0.2, -0.15) is 0 Å². The van der Waals surface area contributed by atoms with Crippen LogP contribution in [0.5, 0.6) is 0 Å². The highest BCUT2D eigenvalue weighted by Crippen LogP contribution is 2.21. The molecule has 3 N–H and O–H groups in total. The number of carbonyl (C=O) groups excluding carboxylic acids is 1. The lowest BCUT2D eigenvalue weighted by Gasteiger charge is -2.06. The summed E-state index contributed by atoms with van der Waals surface area (Å²) in [7, 11) is 0. The van der Waals surface area contributed by atoms with E-state index in [0.29, 0.717) is 5.69 Å². The summed E-state index contributed by atoms with van der Waals surface area (Å²) in [5, 5.41) is 11.4. The van der Waals surface area contributed by atoms with Gasteiger partial charge in [-0.1, -0.05) is 6.07 Å². The predicted molar refractivity (Wildman–Crippen MR) is 74.5 cm³/mol. The number of aromatic amines is 1. The summed E-state index contributed by atoms with van der Waals surface area (Å²) in [5.41, 5.74) is 0.354. The fourth-order valence-electron chi connectivity index (χ4n) is 1.73. The Balaban J connectivity index is 2.33. The number of aromatic nitrogens is 1. The summed E-state index contributed by atoms with van der Waals surface area (Å²) >= 11 is 2.99. The van der Waals surface area contributed by atoms with E-state index in [2.05, 4.69) is 26.2 Å². The summed E-state index contributed by atoms with van der Waals surface area (Å²) in [4.78, 5) is 25.6. The quantitative estimate of drug-likeness (QED) is 0.802. The Morgan fingerprint density at radius 2 is 2.10 bits per heavy atom. The number of aromatic carboxylic acids is 1. The normalized spacial score (nSPS) is 10.3. The average molecular weight is 341 g/mol. The second kappa shape index (κ2) is 5.46. The molecule has 0 saturated carbocycles. The van der Waals surface area contributed by atoms with Gasteiger partial charge in [-0.15, -0.1) is 0 Å². The zero-order chi connectivity index (χ0) is 14.9. The van der Waals surface area contributed by atoms with Crippen molar-refractivity contribution in [3.63, 3.8) is 0 Å². The van der Waals surface area contributed by atoms with Crippen LogP contribution in [0.4, 0.5) is 10.1 Å². The second-order valence-electron chi connectivity index (χ2n) is 4.10. The van der Waals surface area contributed by atoms with E-state index < -0.39 is 17.7 Å². The number of rotatable bonds is 3. The van der Waals surface area contributed by atoms with Crippen molar-refractivity contribution < 1.29 is 19.1 Å². The van der Waals surface area contributed by atoms with Crippen molar-refractivity contribution in [3.8, 4) is 0 Å². The molecule has 5 nitrogen and oxygen atoms in total. The Hall–Kier alpha value is -2.15. The molecular weight excluding hydrogens is 331 g/mol. The van der Waals surface area contributed by atoms with E-state index in [1.807, 2.05) is 0 Å². The number of halogens is 2. The molecule has 0 aliphatic rings. The fraction of sp³-hybridized carbons (Fsp3) is 0.0769. The molecule has 2 aromatic rings. The Morgan fingerprint density at radius 1 is 1.40 bits per heavy atom. The summed E-state index contributed by atoms with van der Waals surface area (Å²) in [6.07, 6.45) is 0. The van der Waals surface area contributed by atoms with Gasteiger partial charge in [-0.3, -0.25) is 4.79 Å². The molecule has 0 atom stereocenters. The van der Waals surface area contributed by atoms with E-state index in [-0.39, 0.29) is 21.4 Å². The summed E-state index contributed by atoms with van der Waals surface area (Å²) in [6, 6.07) is 5.77. The van der Waals surface area contributed by atoms with Gasteiger partial charge >= 0.3 is 5.97 Å². The molecule has 0 aliphatic heterocycles. The molecule has 1 aromatic heterocycles. The lowest BCUT2D eigenvalue weighted by molar-refractivity contribution is 0.0692. The fourth-order valence-corrected chi connectivity index (χ4v) is 2.09.